The normalized spacial score (nSPS) is 10.7. The fourth-order valence-electron chi connectivity index (χ4n) is 2.82. The maximum atomic E-state index is 12.9. The summed E-state index contributed by atoms with van der Waals surface area (Å²) in [5.41, 5.74) is 4.14. The molecule has 4 aromatic rings. The molecule has 4 rings (SSSR count). The minimum absolute atomic E-state index is 0.351. The lowest BCUT2D eigenvalue weighted by Crippen LogP contribution is -2.19. The van der Waals surface area contributed by atoms with E-state index in [0.29, 0.717) is 16.4 Å². The molecule has 0 atom stereocenters. The van der Waals surface area contributed by atoms with Gasteiger partial charge in [-0.15, -0.1) is 0 Å². The van der Waals surface area contributed by atoms with Crippen LogP contribution in [0.15, 0.2) is 72.8 Å². The zero-order valence-corrected chi connectivity index (χ0v) is 14.8. The number of carbonyl (C=O) groups is 1. The van der Waals surface area contributed by atoms with Crippen LogP contribution in [0, 0.1) is 5.82 Å². The Morgan fingerprint density at radius 2 is 1.48 bits per heavy atom. The molecule has 0 bridgehead atoms. The van der Waals surface area contributed by atoms with E-state index in [1.54, 1.807) is 0 Å². The Morgan fingerprint density at radius 3 is 2.15 bits per heavy atom. The highest BCUT2D eigenvalue weighted by Gasteiger charge is 2.06. The van der Waals surface area contributed by atoms with E-state index >= 15 is 0 Å². The van der Waals surface area contributed by atoms with Crippen molar-refractivity contribution in [1.82, 2.24) is 4.98 Å². The molecule has 6 heteroatoms. The molecule has 1 aromatic heterocycles. The quantitative estimate of drug-likeness (QED) is 0.386. The van der Waals surface area contributed by atoms with Crippen molar-refractivity contribution in [2.75, 3.05) is 10.6 Å². The molecular weight excluding hydrogens is 365 g/mol. The summed E-state index contributed by atoms with van der Waals surface area (Å²) in [6, 6.07) is 20.4. The second-order valence-corrected chi connectivity index (χ2v) is 6.51. The number of hydrogen-bond donors (Lipinski definition) is 3. The van der Waals surface area contributed by atoms with Gasteiger partial charge in [-0.1, -0.05) is 23.7 Å². The van der Waals surface area contributed by atoms with Crippen LogP contribution in [0.1, 0.15) is 0 Å². The molecule has 0 aliphatic heterocycles. The summed E-state index contributed by atoms with van der Waals surface area (Å²) >= 11 is 6.03. The minimum Gasteiger partial charge on any atom is -0.355 e. The number of benzene rings is 3. The Morgan fingerprint density at radius 1 is 0.852 bits per heavy atom. The second kappa shape index (κ2) is 7.13. The molecule has 0 aliphatic carbocycles. The van der Waals surface area contributed by atoms with Crippen LogP contribution in [0.5, 0.6) is 0 Å². The number of halogens is 2. The highest BCUT2D eigenvalue weighted by molar-refractivity contribution is 6.31. The van der Waals surface area contributed by atoms with E-state index < -0.39 is 6.03 Å². The van der Waals surface area contributed by atoms with Gasteiger partial charge in [0.25, 0.3) is 0 Å². The van der Waals surface area contributed by atoms with Gasteiger partial charge in [0, 0.05) is 33.0 Å². The first kappa shape index (κ1) is 17.1. The summed E-state index contributed by atoms with van der Waals surface area (Å²) in [5, 5.41) is 7.13. The molecular formula is C21H15ClFN3O. The van der Waals surface area contributed by atoms with Gasteiger partial charge in [0.1, 0.15) is 5.82 Å². The summed E-state index contributed by atoms with van der Waals surface area (Å²) in [7, 11) is 0. The van der Waals surface area contributed by atoms with E-state index in [-0.39, 0.29) is 5.82 Å². The molecule has 0 aliphatic rings. The van der Waals surface area contributed by atoms with Gasteiger partial charge in [0.2, 0.25) is 0 Å². The summed E-state index contributed by atoms with van der Waals surface area (Å²) in [6.45, 7) is 0. The maximum absolute atomic E-state index is 12.9. The number of carbonyl (C=O) groups excluding carboxylic acids is 1. The van der Waals surface area contributed by atoms with Gasteiger partial charge in [-0.05, 0) is 66.2 Å². The fourth-order valence-corrected chi connectivity index (χ4v) is 3.00. The molecule has 0 spiro atoms. The summed E-state index contributed by atoms with van der Waals surface area (Å²) in [4.78, 5) is 15.4. The van der Waals surface area contributed by atoms with Gasteiger partial charge in [-0.3, -0.25) is 0 Å². The van der Waals surface area contributed by atoms with E-state index in [1.165, 1.54) is 24.3 Å². The molecule has 134 valence electrons. The summed E-state index contributed by atoms with van der Waals surface area (Å²) < 4.78 is 12.9. The lowest BCUT2D eigenvalue weighted by molar-refractivity contribution is 0.262. The van der Waals surface area contributed by atoms with Crippen molar-refractivity contribution in [3.05, 3.63) is 83.6 Å². The second-order valence-electron chi connectivity index (χ2n) is 6.08. The van der Waals surface area contributed by atoms with Crippen LogP contribution in [0.4, 0.5) is 20.6 Å². The number of H-pyrrole nitrogens is 1. The van der Waals surface area contributed by atoms with Crippen molar-refractivity contribution < 1.29 is 9.18 Å². The average molecular weight is 380 g/mol. The highest BCUT2D eigenvalue weighted by Crippen LogP contribution is 2.27. The van der Waals surface area contributed by atoms with Crippen LogP contribution in [0.25, 0.3) is 22.2 Å². The zero-order valence-electron chi connectivity index (χ0n) is 14.1. The zero-order chi connectivity index (χ0) is 18.8. The Bertz CT molecular complexity index is 1100. The molecule has 0 saturated carbocycles. The third-order valence-electron chi connectivity index (χ3n) is 4.14. The van der Waals surface area contributed by atoms with E-state index in [4.69, 9.17) is 11.6 Å². The number of fused-ring (bicyclic) bond motifs is 1. The Hall–Kier alpha value is -3.31. The number of urea groups is 1. The number of aromatic nitrogens is 1. The Kier molecular flexibility index (Phi) is 4.52. The first-order valence-corrected chi connectivity index (χ1v) is 8.67. The number of anilines is 2. The first-order valence-electron chi connectivity index (χ1n) is 8.29. The maximum Gasteiger partial charge on any atom is 0.323 e. The third kappa shape index (κ3) is 3.93. The van der Waals surface area contributed by atoms with Crippen LogP contribution in [-0.4, -0.2) is 11.0 Å². The van der Waals surface area contributed by atoms with Crippen molar-refractivity contribution in [1.29, 1.82) is 0 Å². The summed E-state index contributed by atoms with van der Waals surface area (Å²) in [5.74, 6) is -0.351. The van der Waals surface area contributed by atoms with Gasteiger partial charge >= 0.3 is 6.03 Å². The molecule has 4 nitrogen and oxygen atoms in total. The fraction of sp³-hybridized carbons (Fsp3) is 0. The number of hydrogen-bond acceptors (Lipinski definition) is 1. The van der Waals surface area contributed by atoms with E-state index in [1.807, 2.05) is 48.5 Å². The lowest BCUT2D eigenvalue weighted by Gasteiger charge is -2.08. The van der Waals surface area contributed by atoms with E-state index in [0.717, 1.165) is 22.2 Å². The van der Waals surface area contributed by atoms with Crippen molar-refractivity contribution in [2.45, 2.75) is 0 Å². The van der Waals surface area contributed by atoms with Crippen LogP contribution in [-0.2, 0) is 0 Å². The first-order chi connectivity index (χ1) is 13.1. The molecule has 0 unspecified atom stereocenters. The standard InChI is InChI=1S/C21H15ClFN3O/c22-15-3-10-19-14(11-15)12-20(26-19)13-1-6-17(7-2-13)24-21(27)25-18-8-4-16(23)5-9-18/h1-12,26H,(H2,24,25,27). The molecule has 27 heavy (non-hydrogen) atoms. The number of nitrogens with one attached hydrogen (secondary N) is 3. The minimum atomic E-state index is -0.394. The third-order valence-corrected chi connectivity index (χ3v) is 4.37. The van der Waals surface area contributed by atoms with Crippen LogP contribution in [0.3, 0.4) is 0 Å². The van der Waals surface area contributed by atoms with E-state index in [2.05, 4.69) is 15.6 Å². The van der Waals surface area contributed by atoms with Crippen LogP contribution in [0.2, 0.25) is 5.02 Å². The monoisotopic (exact) mass is 379 g/mol. The molecule has 0 fully saturated rings. The van der Waals surface area contributed by atoms with Gasteiger partial charge in [0.05, 0.1) is 0 Å². The molecule has 0 radical (unpaired) electrons. The average Bonchev–Trinajstić information content (AvgIpc) is 3.07. The molecule has 3 N–H and O–H groups in total. The predicted octanol–water partition coefficient (Wildman–Crippen LogP) is 6.27. The largest absolute Gasteiger partial charge is 0.355 e. The van der Waals surface area contributed by atoms with Crippen molar-refractivity contribution in [3.8, 4) is 11.3 Å². The van der Waals surface area contributed by atoms with Gasteiger partial charge < -0.3 is 15.6 Å². The molecule has 2 amide bonds. The molecule has 0 saturated heterocycles. The van der Waals surface area contributed by atoms with Crippen LogP contribution < -0.4 is 10.6 Å². The van der Waals surface area contributed by atoms with Crippen LogP contribution >= 0.6 is 11.6 Å². The smallest absolute Gasteiger partial charge is 0.323 e. The van der Waals surface area contributed by atoms with Gasteiger partial charge in [0.15, 0.2) is 0 Å². The number of aromatic amines is 1. The van der Waals surface area contributed by atoms with Crippen molar-refractivity contribution in [3.63, 3.8) is 0 Å². The van der Waals surface area contributed by atoms with Crippen molar-refractivity contribution in [2.24, 2.45) is 0 Å². The Balaban J connectivity index is 1.46. The number of rotatable bonds is 3. The molecule has 1 heterocycles. The van der Waals surface area contributed by atoms with Gasteiger partial charge in [-0.2, -0.15) is 0 Å². The lowest BCUT2D eigenvalue weighted by atomic mass is 10.1. The SMILES string of the molecule is O=C(Nc1ccc(F)cc1)Nc1ccc(-c2cc3cc(Cl)ccc3[nH]2)cc1. The molecule has 3 aromatic carbocycles. The van der Waals surface area contributed by atoms with Crippen molar-refractivity contribution >= 4 is 39.9 Å². The Labute approximate surface area is 160 Å². The van der Waals surface area contributed by atoms with Gasteiger partial charge in [-0.25, -0.2) is 9.18 Å². The summed E-state index contributed by atoms with van der Waals surface area (Å²) in [6.07, 6.45) is 0. The predicted molar refractivity (Wildman–Crippen MR) is 108 cm³/mol. The highest BCUT2D eigenvalue weighted by atomic mass is 35.5. The number of amides is 2. The topological polar surface area (TPSA) is 56.9 Å². The van der Waals surface area contributed by atoms with E-state index in [9.17, 15) is 9.18 Å².